The highest BCUT2D eigenvalue weighted by molar-refractivity contribution is 5.96. The van der Waals surface area contributed by atoms with Crippen molar-refractivity contribution >= 4 is 23.5 Å². The van der Waals surface area contributed by atoms with Crippen molar-refractivity contribution in [1.29, 1.82) is 0 Å². The quantitative estimate of drug-likeness (QED) is 0.389. The predicted octanol–water partition coefficient (Wildman–Crippen LogP) is 2.73. The molecular weight excluding hydrogens is 390 g/mol. The smallest absolute Gasteiger partial charge is 0.314 e. The van der Waals surface area contributed by atoms with Gasteiger partial charge in [-0.15, -0.1) is 0 Å². The van der Waals surface area contributed by atoms with Crippen LogP contribution in [0.5, 0.6) is 0 Å². The zero-order valence-corrected chi connectivity index (χ0v) is 16.7. The number of amides is 2. The third kappa shape index (κ3) is 6.13. The number of esters is 1. The zero-order chi connectivity index (χ0) is 22.1. The van der Waals surface area contributed by atoms with Gasteiger partial charge in [-0.1, -0.05) is 56.7 Å². The van der Waals surface area contributed by atoms with E-state index >= 15 is 0 Å². The lowest BCUT2D eigenvalue weighted by Gasteiger charge is -2.21. The largest absolute Gasteiger partial charge is 0.455 e. The van der Waals surface area contributed by atoms with E-state index in [4.69, 9.17) is 4.74 Å². The first kappa shape index (κ1) is 22.5. The molecule has 9 nitrogen and oxygen atoms in total. The number of hydrogen-bond acceptors (Lipinski definition) is 6. The minimum Gasteiger partial charge on any atom is -0.455 e. The minimum absolute atomic E-state index is 0.00223. The number of non-ortho nitro benzene ring substituents is 1. The van der Waals surface area contributed by atoms with E-state index in [1.54, 1.807) is 0 Å². The minimum atomic E-state index is -0.738. The molecule has 2 amide bonds. The van der Waals surface area contributed by atoms with Crippen LogP contribution in [0.4, 0.5) is 5.69 Å². The Bertz CT molecular complexity index is 916. The summed E-state index contributed by atoms with van der Waals surface area (Å²) in [6.45, 7) is 3.32. The monoisotopic (exact) mass is 413 g/mol. The highest BCUT2D eigenvalue weighted by atomic mass is 16.6. The molecule has 0 spiro atoms. The first-order valence-corrected chi connectivity index (χ1v) is 9.38. The Hall–Kier alpha value is -3.75. The molecule has 0 saturated heterocycles. The molecule has 0 heterocycles. The molecule has 2 aromatic rings. The number of hydrazine groups is 1. The van der Waals surface area contributed by atoms with E-state index in [9.17, 15) is 24.5 Å². The summed E-state index contributed by atoms with van der Waals surface area (Å²) < 4.78 is 5.14. The van der Waals surface area contributed by atoms with Gasteiger partial charge in [0.15, 0.2) is 6.61 Å². The maximum absolute atomic E-state index is 12.6. The molecule has 2 atom stereocenters. The number of hydrogen-bond donors (Lipinski definition) is 2. The summed E-state index contributed by atoms with van der Waals surface area (Å²) in [7, 11) is 0. The molecule has 0 saturated carbocycles. The summed E-state index contributed by atoms with van der Waals surface area (Å²) >= 11 is 0. The molecule has 2 rings (SSSR count). The molecule has 2 N–H and O–H groups in total. The van der Waals surface area contributed by atoms with E-state index in [0.717, 1.165) is 18.1 Å². The average Bonchev–Trinajstić information content (AvgIpc) is 2.76. The topological polar surface area (TPSA) is 128 Å². The van der Waals surface area contributed by atoms with Crippen LogP contribution in [0.15, 0.2) is 54.6 Å². The Kier molecular flexibility index (Phi) is 8.04. The molecule has 158 valence electrons. The van der Waals surface area contributed by atoms with Crippen molar-refractivity contribution in [2.45, 2.75) is 26.2 Å². The molecule has 9 heteroatoms. The van der Waals surface area contributed by atoms with Crippen LogP contribution in [0.2, 0.25) is 0 Å². The van der Waals surface area contributed by atoms with Crippen molar-refractivity contribution < 1.29 is 24.0 Å². The van der Waals surface area contributed by atoms with Gasteiger partial charge in [-0.2, -0.15) is 0 Å². The van der Waals surface area contributed by atoms with E-state index in [1.807, 2.05) is 44.2 Å². The maximum atomic E-state index is 12.6. The lowest BCUT2D eigenvalue weighted by atomic mass is 9.86. The Morgan fingerprint density at radius 2 is 1.77 bits per heavy atom. The van der Waals surface area contributed by atoms with Gasteiger partial charge >= 0.3 is 5.97 Å². The fraction of sp³-hybridized carbons (Fsp3) is 0.286. The average molecular weight is 413 g/mol. The van der Waals surface area contributed by atoms with Gasteiger partial charge in [-0.3, -0.25) is 35.3 Å². The molecule has 30 heavy (non-hydrogen) atoms. The maximum Gasteiger partial charge on any atom is 0.314 e. The summed E-state index contributed by atoms with van der Waals surface area (Å²) in [4.78, 5) is 46.7. The van der Waals surface area contributed by atoms with Crippen molar-refractivity contribution in [2.75, 3.05) is 6.61 Å². The second-order valence-electron chi connectivity index (χ2n) is 6.69. The zero-order valence-electron chi connectivity index (χ0n) is 16.7. The third-order valence-electron chi connectivity index (χ3n) is 4.61. The summed E-state index contributed by atoms with van der Waals surface area (Å²) in [5.41, 5.74) is 4.81. The SMILES string of the molecule is CC[C@@H](C)[C@@H](C(=O)OCC(=O)NNC(=O)c1cccc([N+](=O)[O-])c1)c1ccccc1. The molecule has 0 aliphatic heterocycles. The van der Waals surface area contributed by atoms with Gasteiger partial charge in [0, 0.05) is 17.7 Å². The van der Waals surface area contributed by atoms with Crippen molar-refractivity contribution in [3.63, 3.8) is 0 Å². The Morgan fingerprint density at radius 3 is 2.40 bits per heavy atom. The molecule has 2 aromatic carbocycles. The molecule has 0 aliphatic carbocycles. The number of carbonyl (C=O) groups excluding carboxylic acids is 3. The lowest BCUT2D eigenvalue weighted by molar-refractivity contribution is -0.384. The number of benzene rings is 2. The van der Waals surface area contributed by atoms with Gasteiger partial charge in [0.1, 0.15) is 0 Å². The summed E-state index contributed by atoms with van der Waals surface area (Å²) in [5.74, 6) is -2.51. The summed E-state index contributed by atoms with van der Waals surface area (Å²) in [5, 5.41) is 10.8. The second-order valence-corrected chi connectivity index (χ2v) is 6.69. The van der Waals surface area contributed by atoms with Crippen LogP contribution in [0.25, 0.3) is 0 Å². The normalized spacial score (nSPS) is 12.3. The first-order chi connectivity index (χ1) is 14.3. The third-order valence-corrected chi connectivity index (χ3v) is 4.61. The van der Waals surface area contributed by atoms with Gasteiger partial charge in [0.25, 0.3) is 17.5 Å². The molecule has 0 aliphatic rings. The number of nitrogens with zero attached hydrogens (tertiary/aromatic N) is 1. The summed E-state index contributed by atoms with van der Waals surface area (Å²) in [6.07, 6.45) is 0.750. The Morgan fingerprint density at radius 1 is 1.07 bits per heavy atom. The van der Waals surface area contributed by atoms with E-state index in [2.05, 4.69) is 10.9 Å². The number of carbonyl (C=O) groups is 3. The number of nitro groups is 1. The molecule has 0 fully saturated rings. The van der Waals surface area contributed by atoms with E-state index < -0.39 is 35.2 Å². The molecule has 0 bridgehead atoms. The van der Waals surface area contributed by atoms with Crippen LogP contribution in [-0.2, 0) is 14.3 Å². The van der Waals surface area contributed by atoms with E-state index in [1.165, 1.54) is 18.2 Å². The van der Waals surface area contributed by atoms with Crippen molar-refractivity contribution in [2.24, 2.45) is 5.92 Å². The highest BCUT2D eigenvalue weighted by Gasteiger charge is 2.27. The predicted molar refractivity (Wildman–Crippen MR) is 108 cm³/mol. The van der Waals surface area contributed by atoms with Gasteiger partial charge in [-0.25, -0.2) is 0 Å². The number of nitrogens with one attached hydrogen (secondary N) is 2. The van der Waals surface area contributed by atoms with E-state index in [0.29, 0.717) is 0 Å². The molecular formula is C21H23N3O6. The fourth-order valence-electron chi connectivity index (χ4n) is 2.81. The highest BCUT2D eigenvalue weighted by Crippen LogP contribution is 2.28. The second kappa shape index (κ2) is 10.7. The molecule has 0 unspecified atom stereocenters. The fourth-order valence-corrected chi connectivity index (χ4v) is 2.81. The first-order valence-electron chi connectivity index (χ1n) is 9.38. The van der Waals surface area contributed by atoms with Gasteiger partial charge in [-0.05, 0) is 17.5 Å². The van der Waals surface area contributed by atoms with Crippen molar-refractivity contribution in [3.8, 4) is 0 Å². The Labute approximate surface area is 173 Å². The van der Waals surface area contributed by atoms with Crippen LogP contribution in [0.1, 0.15) is 42.1 Å². The van der Waals surface area contributed by atoms with Gasteiger partial charge in [0.2, 0.25) is 0 Å². The standard InChI is InChI=1S/C21H23N3O6/c1-3-14(2)19(15-8-5-4-6-9-15)21(27)30-13-18(25)22-23-20(26)16-10-7-11-17(12-16)24(28)29/h4-12,14,19H,3,13H2,1-2H3,(H,22,25)(H,23,26)/t14-,19-/m1/s1. The van der Waals surface area contributed by atoms with Crippen LogP contribution >= 0.6 is 0 Å². The van der Waals surface area contributed by atoms with Crippen LogP contribution in [0.3, 0.4) is 0 Å². The summed E-state index contributed by atoms with van der Waals surface area (Å²) in [6, 6.07) is 14.2. The molecule has 0 radical (unpaired) electrons. The lowest BCUT2D eigenvalue weighted by Crippen LogP contribution is -2.43. The van der Waals surface area contributed by atoms with Crippen molar-refractivity contribution in [3.05, 3.63) is 75.8 Å². The van der Waals surface area contributed by atoms with Crippen LogP contribution in [0, 0.1) is 16.0 Å². The molecule has 0 aromatic heterocycles. The van der Waals surface area contributed by atoms with Gasteiger partial charge in [0.05, 0.1) is 10.8 Å². The number of ether oxygens (including phenoxy) is 1. The van der Waals surface area contributed by atoms with Gasteiger partial charge < -0.3 is 4.74 Å². The Balaban J connectivity index is 1.90. The van der Waals surface area contributed by atoms with Crippen LogP contribution < -0.4 is 10.9 Å². The van der Waals surface area contributed by atoms with Crippen LogP contribution in [-0.4, -0.2) is 29.3 Å². The number of nitro benzene ring substituents is 1. The van der Waals surface area contributed by atoms with Crippen molar-refractivity contribution in [1.82, 2.24) is 10.9 Å². The number of rotatable bonds is 8. The van der Waals surface area contributed by atoms with E-state index in [-0.39, 0.29) is 17.2 Å².